The highest BCUT2D eigenvalue weighted by Gasteiger charge is 2.34. The molecule has 0 saturated heterocycles. The van der Waals surface area contributed by atoms with E-state index in [0.717, 1.165) is 0 Å². The first-order valence-corrected chi connectivity index (χ1v) is 5.54. The standard InChI is InChI=1S/C12H15F3N2O2/c13-12(14,15)8-19-7-6-11(17,10(16)18)9-4-2-1-3-5-9/h1-5H,6-8,17H2,(H2,16,18). The highest BCUT2D eigenvalue weighted by atomic mass is 19.4. The van der Waals surface area contributed by atoms with Crippen molar-refractivity contribution in [3.8, 4) is 0 Å². The topological polar surface area (TPSA) is 78.3 Å². The molecule has 0 aromatic heterocycles. The Morgan fingerprint density at radius 3 is 2.26 bits per heavy atom. The van der Waals surface area contributed by atoms with Gasteiger partial charge in [0.1, 0.15) is 12.1 Å². The molecule has 106 valence electrons. The third-order valence-electron chi connectivity index (χ3n) is 2.64. The molecule has 7 heteroatoms. The van der Waals surface area contributed by atoms with Crippen LogP contribution in [0.25, 0.3) is 0 Å². The minimum atomic E-state index is -4.41. The summed E-state index contributed by atoms with van der Waals surface area (Å²) in [5, 5.41) is 0. The van der Waals surface area contributed by atoms with Crippen LogP contribution in [0.15, 0.2) is 30.3 Å². The van der Waals surface area contributed by atoms with Gasteiger partial charge in [-0.05, 0) is 5.56 Å². The molecule has 1 atom stereocenters. The van der Waals surface area contributed by atoms with E-state index in [1.54, 1.807) is 30.3 Å². The van der Waals surface area contributed by atoms with Crippen molar-refractivity contribution >= 4 is 5.91 Å². The number of alkyl halides is 3. The molecule has 0 bridgehead atoms. The maximum atomic E-state index is 11.9. The van der Waals surface area contributed by atoms with E-state index in [1.807, 2.05) is 0 Å². The van der Waals surface area contributed by atoms with Gasteiger partial charge >= 0.3 is 6.18 Å². The zero-order valence-electron chi connectivity index (χ0n) is 10.1. The molecule has 0 fully saturated rings. The van der Waals surface area contributed by atoms with Crippen molar-refractivity contribution in [2.24, 2.45) is 11.5 Å². The van der Waals surface area contributed by atoms with Crippen molar-refractivity contribution in [1.82, 2.24) is 0 Å². The van der Waals surface area contributed by atoms with Crippen LogP contribution in [0.1, 0.15) is 12.0 Å². The zero-order chi connectivity index (χ0) is 14.5. The summed E-state index contributed by atoms with van der Waals surface area (Å²) in [5.74, 6) is -0.811. The Labute approximate surface area is 108 Å². The average Bonchev–Trinajstić information content (AvgIpc) is 2.34. The van der Waals surface area contributed by atoms with E-state index in [1.165, 1.54) is 0 Å². The van der Waals surface area contributed by atoms with Gasteiger partial charge in [-0.2, -0.15) is 13.2 Å². The zero-order valence-corrected chi connectivity index (χ0v) is 10.1. The minimum absolute atomic E-state index is 0.123. The molecule has 0 radical (unpaired) electrons. The fraction of sp³-hybridized carbons (Fsp3) is 0.417. The third-order valence-corrected chi connectivity index (χ3v) is 2.64. The van der Waals surface area contributed by atoms with E-state index >= 15 is 0 Å². The predicted molar refractivity (Wildman–Crippen MR) is 63.0 cm³/mol. The van der Waals surface area contributed by atoms with Crippen molar-refractivity contribution in [3.05, 3.63) is 35.9 Å². The minimum Gasteiger partial charge on any atom is -0.372 e. The number of hydrogen-bond acceptors (Lipinski definition) is 3. The van der Waals surface area contributed by atoms with Gasteiger partial charge in [-0.15, -0.1) is 0 Å². The fourth-order valence-corrected chi connectivity index (χ4v) is 1.57. The van der Waals surface area contributed by atoms with Gasteiger partial charge in [-0.25, -0.2) is 0 Å². The van der Waals surface area contributed by atoms with Crippen LogP contribution in [-0.2, 0) is 15.1 Å². The molecule has 0 aliphatic heterocycles. The number of primary amides is 1. The summed E-state index contributed by atoms with van der Waals surface area (Å²) in [6.07, 6.45) is -4.53. The molecule has 0 saturated carbocycles. The molecule has 0 spiro atoms. The lowest BCUT2D eigenvalue weighted by molar-refractivity contribution is -0.174. The molecule has 1 aromatic rings. The number of amides is 1. The van der Waals surface area contributed by atoms with Crippen molar-refractivity contribution < 1.29 is 22.7 Å². The summed E-state index contributed by atoms with van der Waals surface area (Å²) in [7, 11) is 0. The van der Waals surface area contributed by atoms with E-state index in [2.05, 4.69) is 4.74 Å². The van der Waals surface area contributed by atoms with E-state index in [9.17, 15) is 18.0 Å². The lowest BCUT2D eigenvalue weighted by Crippen LogP contribution is -2.50. The summed E-state index contributed by atoms with van der Waals surface area (Å²) < 4.78 is 40.2. The molecule has 4 nitrogen and oxygen atoms in total. The largest absolute Gasteiger partial charge is 0.411 e. The van der Waals surface area contributed by atoms with Gasteiger partial charge in [0.15, 0.2) is 0 Å². The predicted octanol–water partition coefficient (Wildman–Crippen LogP) is 1.29. The van der Waals surface area contributed by atoms with E-state index in [-0.39, 0.29) is 13.0 Å². The van der Waals surface area contributed by atoms with Gasteiger partial charge in [-0.3, -0.25) is 4.79 Å². The Hall–Kier alpha value is -1.60. The van der Waals surface area contributed by atoms with Crippen molar-refractivity contribution in [2.45, 2.75) is 18.1 Å². The Kier molecular flexibility index (Phi) is 4.90. The van der Waals surface area contributed by atoms with Gasteiger partial charge in [-0.1, -0.05) is 30.3 Å². The van der Waals surface area contributed by atoms with Crippen molar-refractivity contribution in [2.75, 3.05) is 13.2 Å². The molecule has 19 heavy (non-hydrogen) atoms. The Morgan fingerprint density at radius 2 is 1.79 bits per heavy atom. The summed E-state index contributed by atoms with van der Waals surface area (Å²) >= 11 is 0. The Morgan fingerprint density at radius 1 is 1.21 bits per heavy atom. The van der Waals surface area contributed by atoms with Gasteiger partial charge in [0.25, 0.3) is 0 Å². The molecule has 0 aliphatic rings. The second-order valence-corrected chi connectivity index (χ2v) is 4.12. The number of carbonyl (C=O) groups excluding carboxylic acids is 1. The number of halogens is 3. The summed E-state index contributed by atoms with van der Waals surface area (Å²) in [5.41, 5.74) is 10.0. The molecule has 1 rings (SSSR count). The van der Waals surface area contributed by atoms with Crippen LogP contribution in [-0.4, -0.2) is 25.3 Å². The summed E-state index contributed by atoms with van der Waals surface area (Å²) in [4.78, 5) is 11.4. The molecular weight excluding hydrogens is 261 g/mol. The average molecular weight is 276 g/mol. The Bertz CT molecular complexity index is 423. The molecule has 1 amide bonds. The highest BCUT2D eigenvalue weighted by Crippen LogP contribution is 2.22. The number of benzene rings is 1. The van der Waals surface area contributed by atoms with Crippen LogP contribution >= 0.6 is 0 Å². The summed E-state index contributed by atoms with van der Waals surface area (Å²) in [6.45, 7) is -1.69. The molecule has 0 heterocycles. The Balaban J connectivity index is 2.66. The monoisotopic (exact) mass is 276 g/mol. The second kappa shape index (κ2) is 6.03. The quantitative estimate of drug-likeness (QED) is 0.769. The SMILES string of the molecule is NC(=O)C(N)(CCOCC(F)(F)F)c1ccccc1. The maximum absolute atomic E-state index is 11.9. The van der Waals surface area contributed by atoms with Gasteiger partial charge in [0, 0.05) is 13.0 Å². The molecule has 4 N–H and O–H groups in total. The lowest BCUT2D eigenvalue weighted by Gasteiger charge is -2.26. The van der Waals surface area contributed by atoms with Crippen LogP contribution in [0.5, 0.6) is 0 Å². The van der Waals surface area contributed by atoms with Crippen molar-refractivity contribution in [3.63, 3.8) is 0 Å². The molecule has 1 unspecified atom stereocenters. The number of ether oxygens (including phenoxy) is 1. The van der Waals surface area contributed by atoms with Gasteiger partial charge in [0.05, 0.1) is 0 Å². The van der Waals surface area contributed by atoms with Crippen LogP contribution in [0.3, 0.4) is 0 Å². The first-order chi connectivity index (χ1) is 8.76. The smallest absolute Gasteiger partial charge is 0.372 e. The number of rotatable bonds is 6. The molecule has 0 aliphatic carbocycles. The van der Waals surface area contributed by atoms with Gasteiger partial charge < -0.3 is 16.2 Å². The van der Waals surface area contributed by atoms with Crippen molar-refractivity contribution in [1.29, 1.82) is 0 Å². The second-order valence-electron chi connectivity index (χ2n) is 4.12. The third kappa shape index (κ3) is 4.53. The summed E-state index contributed by atoms with van der Waals surface area (Å²) in [6, 6.07) is 8.24. The normalized spacial score (nSPS) is 14.9. The van der Waals surface area contributed by atoms with Crippen LogP contribution < -0.4 is 11.5 Å². The highest BCUT2D eigenvalue weighted by molar-refractivity contribution is 5.85. The number of hydrogen-bond donors (Lipinski definition) is 2. The van der Waals surface area contributed by atoms with E-state index in [0.29, 0.717) is 5.56 Å². The first kappa shape index (κ1) is 15.5. The first-order valence-electron chi connectivity index (χ1n) is 5.54. The molecule has 1 aromatic carbocycles. The lowest BCUT2D eigenvalue weighted by atomic mass is 9.87. The van der Waals surface area contributed by atoms with Crippen LogP contribution in [0, 0.1) is 0 Å². The van der Waals surface area contributed by atoms with Crippen LogP contribution in [0.4, 0.5) is 13.2 Å². The van der Waals surface area contributed by atoms with E-state index in [4.69, 9.17) is 11.5 Å². The van der Waals surface area contributed by atoms with Gasteiger partial charge in [0.2, 0.25) is 5.91 Å². The number of nitrogens with two attached hydrogens (primary N) is 2. The molecular formula is C12H15F3N2O2. The maximum Gasteiger partial charge on any atom is 0.411 e. The van der Waals surface area contributed by atoms with Crippen LogP contribution in [0.2, 0.25) is 0 Å². The van der Waals surface area contributed by atoms with E-state index < -0.39 is 24.2 Å². The fourth-order valence-electron chi connectivity index (χ4n) is 1.57. The number of carbonyl (C=O) groups is 1.